The second-order valence-corrected chi connectivity index (χ2v) is 8.64. The smallest absolute Gasteiger partial charge is 0.334 e. The Morgan fingerprint density at radius 1 is 0.812 bits per heavy atom. The fourth-order valence-corrected chi connectivity index (χ4v) is 4.28. The van der Waals surface area contributed by atoms with Crippen molar-refractivity contribution in [3.8, 4) is 0 Å². The third-order valence-electron chi connectivity index (χ3n) is 6.34. The molecule has 3 heteroatoms. The van der Waals surface area contributed by atoms with Gasteiger partial charge in [-0.2, -0.15) is 0 Å². The highest BCUT2D eigenvalue weighted by Crippen LogP contribution is 2.43. The summed E-state index contributed by atoms with van der Waals surface area (Å²) in [6, 6.07) is 30.3. The van der Waals surface area contributed by atoms with Gasteiger partial charge in [-0.25, -0.2) is 4.79 Å². The van der Waals surface area contributed by atoms with Crippen LogP contribution >= 0.6 is 0 Å². The number of hydrogen-bond acceptors (Lipinski definition) is 3. The summed E-state index contributed by atoms with van der Waals surface area (Å²) in [4.78, 5) is 19.0. The molecule has 0 saturated carbocycles. The van der Waals surface area contributed by atoms with Crippen LogP contribution in [0.2, 0.25) is 0 Å². The molecule has 0 aliphatic rings. The Labute approximate surface area is 192 Å². The summed E-state index contributed by atoms with van der Waals surface area (Å²) in [6.07, 6.45) is 2.43. The summed E-state index contributed by atoms with van der Waals surface area (Å²) in [6.45, 7) is 6.34. The second kappa shape index (κ2) is 10.4. The molecule has 0 aromatic heterocycles. The van der Waals surface area contributed by atoms with Gasteiger partial charge in [0.1, 0.15) is 0 Å². The molecule has 166 valence electrons. The van der Waals surface area contributed by atoms with E-state index in [2.05, 4.69) is 32.9 Å². The van der Waals surface area contributed by atoms with Crippen LogP contribution in [0.1, 0.15) is 56.7 Å². The monoisotopic (exact) mass is 427 g/mol. The van der Waals surface area contributed by atoms with Gasteiger partial charge >= 0.3 is 5.97 Å². The quantitative estimate of drug-likeness (QED) is 0.285. The van der Waals surface area contributed by atoms with Crippen molar-refractivity contribution in [3.63, 3.8) is 0 Å². The number of nitrogens with zero attached hydrogens (tertiary/aromatic N) is 1. The number of unbranched alkanes of at least 4 members (excludes halogenated alkanes) is 1. The highest BCUT2D eigenvalue weighted by Gasteiger charge is 2.53. The highest BCUT2D eigenvalue weighted by molar-refractivity contribution is 6.14. The third-order valence-corrected chi connectivity index (χ3v) is 6.34. The van der Waals surface area contributed by atoms with E-state index in [1.807, 2.05) is 78.9 Å². The first-order valence-corrected chi connectivity index (χ1v) is 11.3. The first-order chi connectivity index (χ1) is 15.5. The molecule has 3 rings (SSSR count). The van der Waals surface area contributed by atoms with Crippen LogP contribution in [0.15, 0.2) is 96.0 Å². The van der Waals surface area contributed by atoms with Gasteiger partial charge in [0, 0.05) is 16.5 Å². The number of carbonyl (C=O) groups excluding carboxylic acids is 1. The summed E-state index contributed by atoms with van der Waals surface area (Å²) in [5.41, 5.74) is 2.15. The van der Waals surface area contributed by atoms with Gasteiger partial charge in [0.2, 0.25) is 0 Å². The first kappa shape index (κ1) is 23.5. The molecule has 0 aliphatic heterocycles. The molecule has 0 heterocycles. The first-order valence-electron chi connectivity index (χ1n) is 11.3. The van der Waals surface area contributed by atoms with Crippen LogP contribution in [0, 0.1) is 0 Å². The summed E-state index contributed by atoms with van der Waals surface area (Å²) >= 11 is 0. The Morgan fingerprint density at radius 2 is 1.28 bits per heavy atom. The van der Waals surface area contributed by atoms with E-state index in [0.29, 0.717) is 6.42 Å². The Morgan fingerprint density at radius 3 is 1.72 bits per heavy atom. The predicted octanol–water partition coefficient (Wildman–Crippen LogP) is 6.60. The van der Waals surface area contributed by atoms with Gasteiger partial charge in [0.15, 0.2) is 5.54 Å². The second-order valence-electron chi connectivity index (χ2n) is 8.64. The maximum atomic E-state index is 13.6. The largest absolute Gasteiger partial charge is 0.467 e. The van der Waals surface area contributed by atoms with Crippen molar-refractivity contribution in [3.05, 3.63) is 108 Å². The Balaban J connectivity index is 2.34. The predicted molar refractivity (Wildman–Crippen MR) is 132 cm³/mol. The SMILES string of the molecule is CCCCC(N=C(c1ccccc1)c1ccccc1)(C(=O)OC)C(C)(C)c1ccccc1. The normalized spacial score (nSPS) is 13.1. The maximum absolute atomic E-state index is 13.6. The molecule has 1 unspecified atom stereocenters. The Bertz CT molecular complexity index is 985. The summed E-state index contributed by atoms with van der Waals surface area (Å²) in [5.74, 6) is -0.302. The minimum Gasteiger partial charge on any atom is -0.467 e. The maximum Gasteiger partial charge on any atom is 0.334 e. The van der Waals surface area contributed by atoms with E-state index in [9.17, 15) is 4.79 Å². The van der Waals surface area contributed by atoms with E-state index in [4.69, 9.17) is 9.73 Å². The zero-order valence-electron chi connectivity index (χ0n) is 19.5. The number of benzene rings is 3. The molecular weight excluding hydrogens is 394 g/mol. The molecule has 32 heavy (non-hydrogen) atoms. The number of methoxy groups -OCH3 is 1. The molecule has 0 aliphatic carbocycles. The fourth-order valence-electron chi connectivity index (χ4n) is 4.28. The van der Waals surface area contributed by atoms with Gasteiger partial charge in [-0.1, -0.05) is 125 Å². The molecule has 3 aromatic rings. The zero-order valence-corrected chi connectivity index (χ0v) is 19.5. The van der Waals surface area contributed by atoms with Crippen LogP contribution in [0.25, 0.3) is 0 Å². The average molecular weight is 428 g/mol. The summed E-state index contributed by atoms with van der Waals surface area (Å²) < 4.78 is 5.45. The number of carbonyl (C=O) groups is 1. The van der Waals surface area contributed by atoms with Gasteiger partial charge in [-0.05, 0) is 12.0 Å². The molecule has 0 spiro atoms. The van der Waals surface area contributed by atoms with Gasteiger partial charge in [0.25, 0.3) is 0 Å². The topological polar surface area (TPSA) is 38.7 Å². The van der Waals surface area contributed by atoms with Crippen LogP contribution < -0.4 is 0 Å². The van der Waals surface area contributed by atoms with Crippen molar-refractivity contribution in [1.82, 2.24) is 0 Å². The van der Waals surface area contributed by atoms with E-state index in [0.717, 1.165) is 35.2 Å². The van der Waals surface area contributed by atoms with Crippen molar-refractivity contribution in [2.75, 3.05) is 7.11 Å². The molecule has 1 atom stereocenters. The van der Waals surface area contributed by atoms with Crippen molar-refractivity contribution < 1.29 is 9.53 Å². The number of hydrogen-bond donors (Lipinski definition) is 0. The molecule has 0 radical (unpaired) electrons. The zero-order chi connectivity index (χ0) is 23.0. The van der Waals surface area contributed by atoms with Crippen molar-refractivity contribution in [2.24, 2.45) is 4.99 Å². The fraction of sp³-hybridized carbons (Fsp3) is 0.310. The lowest BCUT2D eigenvalue weighted by Crippen LogP contribution is -2.54. The lowest BCUT2D eigenvalue weighted by Gasteiger charge is -2.42. The van der Waals surface area contributed by atoms with Gasteiger partial charge in [0.05, 0.1) is 12.8 Å². The van der Waals surface area contributed by atoms with Crippen LogP contribution in [-0.4, -0.2) is 24.3 Å². The average Bonchev–Trinajstić information content (AvgIpc) is 2.85. The van der Waals surface area contributed by atoms with Crippen LogP contribution in [0.3, 0.4) is 0 Å². The van der Waals surface area contributed by atoms with Crippen molar-refractivity contribution in [1.29, 1.82) is 0 Å². The van der Waals surface area contributed by atoms with Gasteiger partial charge in [-0.3, -0.25) is 4.99 Å². The van der Waals surface area contributed by atoms with Crippen LogP contribution in [0.4, 0.5) is 0 Å². The van der Waals surface area contributed by atoms with Crippen LogP contribution in [-0.2, 0) is 14.9 Å². The summed E-state index contributed by atoms with van der Waals surface area (Å²) in [5, 5.41) is 0. The van der Waals surface area contributed by atoms with E-state index in [-0.39, 0.29) is 5.97 Å². The van der Waals surface area contributed by atoms with Gasteiger partial charge in [-0.15, -0.1) is 0 Å². The summed E-state index contributed by atoms with van der Waals surface area (Å²) in [7, 11) is 1.46. The minimum absolute atomic E-state index is 0.302. The Kier molecular flexibility index (Phi) is 7.63. The minimum atomic E-state index is -1.08. The van der Waals surface area contributed by atoms with Crippen molar-refractivity contribution >= 4 is 11.7 Å². The molecule has 0 bridgehead atoms. The molecule has 3 aromatic carbocycles. The van der Waals surface area contributed by atoms with E-state index in [1.165, 1.54) is 7.11 Å². The van der Waals surface area contributed by atoms with Gasteiger partial charge < -0.3 is 4.74 Å². The van der Waals surface area contributed by atoms with Crippen LogP contribution in [0.5, 0.6) is 0 Å². The number of esters is 1. The lowest BCUT2D eigenvalue weighted by molar-refractivity contribution is -0.150. The molecule has 0 amide bonds. The molecule has 0 N–H and O–H groups in total. The number of rotatable bonds is 9. The van der Waals surface area contributed by atoms with E-state index in [1.54, 1.807) is 0 Å². The lowest BCUT2D eigenvalue weighted by atomic mass is 9.65. The number of aliphatic imine (C=N–C) groups is 1. The molecule has 0 saturated heterocycles. The standard InChI is InChI=1S/C29H33NO2/c1-5-6-22-29(27(31)32-4,28(2,3)25-20-14-9-15-21-25)30-26(23-16-10-7-11-17-23)24-18-12-8-13-19-24/h7-21H,5-6,22H2,1-4H3. The molecule has 3 nitrogen and oxygen atoms in total. The molecular formula is C29H33NO2. The Hall–Kier alpha value is -3.20. The van der Waals surface area contributed by atoms with E-state index >= 15 is 0 Å². The van der Waals surface area contributed by atoms with Crippen molar-refractivity contribution in [2.45, 2.75) is 51.0 Å². The third kappa shape index (κ3) is 4.67. The number of ether oxygens (including phenoxy) is 1. The molecule has 0 fully saturated rings. The highest BCUT2D eigenvalue weighted by atomic mass is 16.5. The van der Waals surface area contributed by atoms with E-state index < -0.39 is 11.0 Å².